The minimum atomic E-state index is 0.154. The van der Waals surface area contributed by atoms with Gasteiger partial charge in [0.1, 0.15) is 0 Å². The van der Waals surface area contributed by atoms with E-state index in [2.05, 4.69) is 28.7 Å². The Hall–Kier alpha value is -0.420. The van der Waals surface area contributed by atoms with Crippen molar-refractivity contribution in [1.82, 2.24) is 4.90 Å². The van der Waals surface area contributed by atoms with E-state index in [1.165, 1.54) is 31.2 Å². The SMILES string of the molecule is CCCC1CC(CN)(N(Cc2ccsc2)C2CC2)CCO1. The summed E-state index contributed by atoms with van der Waals surface area (Å²) in [4.78, 5) is 2.72. The number of nitrogens with two attached hydrogens (primary N) is 1. The van der Waals surface area contributed by atoms with Gasteiger partial charge in [-0.15, -0.1) is 0 Å². The van der Waals surface area contributed by atoms with Crippen LogP contribution in [0.1, 0.15) is 51.0 Å². The van der Waals surface area contributed by atoms with Crippen LogP contribution in [0.4, 0.5) is 0 Å². The first-order valence-electron chi connectivity index (χ1n) is 8.37. The van der Waals surface area contributed by atoms with Crippen molar-refractivity contribution < 1.29 is 4.74 Å². The third-order valence-corrected chi connectivity index (χ3v) is 5.78. The second kappa shape index (κ2) is 6.78. The lowest BCUT2D eigenvalue weighted by Gasteiger charge is -2.48. The number of hydrogen-bond donors (Lipinski definition) is 1. The minimum Gasteiger partial charge on any atom is -0.378 e. The topological polar surface area (TPSA) is 38.5 Å². The Labute approximate surface area is 132 Å². The number of thiophene rings is 1. The van der Waals surface area contributed by atoms with Crippen molar-refractivity contribution in [2.24, 2.45) is 5.73 Å². The summed E-state index contributed by atoms with van der Waals surface area (Å²) in [6, 6.07) is 3.00. The van der Waals surface area contributed by atoms with Crippen molar-refractivity contribution in [2.75, 3.05) is 13.2 Å². The van der Waals surface area contributed by atoms with Gasteiger partial charge in [-0.05, 0) is 54.5 Å². The van der Waals surface area contributed by atoms with E-state index in [1.807, 2.05) is 0 Å². The van der Waals surface area contributed by atoms with Crippen molar-refractivity contribution in [1.29, 1.82) is 0 Å². The normalized spacial score (nSPS) is 30.0. The quantitative estimate of drug-likeness (QED) is 0.839. The monoisotopic (exact) mass is 308 g/mol. The fourth-order valence-corrected chi connectivity index (χ4v) is 4.38. The minimum absolute atomic E-state index is 0.154. The predicted octanol–water partition coefficient (Wildman–Crippen LogP) is 3.39. The highest BCUT2D eigenvalue weighted by atomic mass is 32.1. The average molecular weight is 308 g/mol. The van der Waals surface area contributed by atoms with Crippen LogP contribution in [-0.4, -0.2) is 35.7 Å². The van der Waals surface area contributed by atoms with Gasteiger partial charge in [0.25, 0.3) is 0 Å². The van der Waals surface area contributed by atoms with E-state index in [1.54, 1.807) is 11.3 Å². The molecule has 0 bridgehead atoms. The molecule has 2 fully saturated rings. The van der Waals surface area contributed by atoms with Crippen LogP contribution < -0.4 is 5.73 Å². The van der Waals surface area contributed by atoms with E-state index < -0.39 is 0 Å². The summed E-state index contributed by atoms with van der Waals surface area (Å²) in [6.45, 7) is 4.93. The molecule has 2 aliphatic rings. The molecular weight excluding hydrogens is 280 g/mol. The van der Waals surface area contributed by atoms with Crippen LogP contribution in [0.25, 0.3) is 0 Å². The Balaban J connectivity index is 1.77. The largest absolute Gasteiger partial charge is 0.378 e. The molecule has 1 aliphatic heterocycles. The van der Waals surface area contributed by atoms with Crippen LogP contribution in [-0.2, 0) is 11.3 Å². The first-order chi connectivity index (χ1) is 10.3. The molecule has 0 spiro atoms. The molecule has 2 heterocycles. The fraction of sp³-hybridized carbons (Fsp3) is 0.765. The Morgan fingerprint density at radius 1 is 1.48 bits per heavy atom. The summed E-state index contributed by atoms with van der Waals surface area (Å²) < 4.78 is 5.98. The standard InChI is InChI=1S/C17H28N2OS/c1-2-3-16-10-17(13-18,7-8-20-16)19(15-4-5-15)11-14-6-9-21-12-14/h6,9,12,15-16H,2-5,7-8,10-11,13,18H2,1H3. The number of nitrogens with zero attached hydrogens (tertiary/aromatic N) is 1. The van der Waals surface area contributed by atoms with E-state index in [4.69, 9.17) is 10.5 Å². The van der Waals surface area contributed by atoms with E-state index in [-0.39, 0.29) is 5.54 Å². The van der Waals surface area contributed by atoms with Gasteiger partial charge in [-0.25, -0.2) is 0 Å². The second-order valence-corrected chi connectivity index (χ2v) is 7.43. The van der Waals surface area contributed by atoms with Crippen LogP contribution in [0.5, 0.6) is 0 Å². The Morgan fingerprint density at radius 2 is 2.33 bits per heavy atom. The van der Waals surface area contributed by atoms with Crippen LogP contribution in [0, 0.1) is 0 Å². The molecule has 2 unspecified atom stereocenters. The lowest BCUT2D eigenvalue weighted by molar-refractivity contribution is -0.0795. The maximum absolute atomic E-state index is 6.30. The van der Waals surface area contributed by atoms with Crippen molar-refractivity contribution >= 4 is 11.3 Å². The molecule has 2 atom stereocenters. The average Bonchev–Trinajstić information content (AvgIpc) is 3.21. The van der Waals surface area contributed by atoms with Crippen LogP contribution >= 0.6 is 11.3 Å². The number of rotatable bonds is 7. The van der Waals surface area contributed by atoms with E-state index in [9.17, 15) is 0 Å². The van der Waals surface area contributed by atoms with Crippen molar-refractivity contribution in [3.05, 3.63) is 22.4 Å². The Kier molecular flexibility index (Phi) is 4.99. The van der Waals surface area contributed by atoms with E-state index in [0.29, 0.717) is 6.10 Å². The highest BCUT2D eigenvalue weighted by molar-refractivity contribution is 7.07. The molecular formula is C17H28N2OS. The molecule has 1 saturated heterocycles. The van der Waals surface area contributed by atoms with Gasteiger partial charge in [0, 0.05) is 31.3 Å². The molecule has 3 rings (SSSR count). The van der Waals surface area contributed by atoms with Crippen LogP contribution in [0.3, 0.4) is 0 Å². The zero-order valence-corrected chi connectivity index (χ0v) is 13.9. The molecule has 0 radical (unpaired) electrons. The Morgan fingerprint density at radius 3 is 2.95 bits per heavy atom. The molecule has 1 aromatic heterocycles. The summed E-state index contributed by atoms with van der Waals surface area (Å²) in [6.07, 6.45) is 7.63. The first kappa shape index (κ1) is 15.5. The maximum Gasteiger partial charge on any atom is 0.0593 e. The number of hydrogen-bond acceptors (Lipinski definition) is 4. The molecule has 21 heavy (non-hydrogen) atoms. The van der Waals surface area contributed by atoms with Gasteiger partial charge in [-0.1, -0.05) is 13.3 Å². The molecule has 3 nitrogen and oxygen atoms in total. The molecule has 2 N–H and O–H groups in total. The molecule has 1 aliphatic carbocycles. The zero-order valence-electron chi connectivity index (χ0n) is 13.1. The lowest BCUT2D eigenvalue weighted by atomic mass is 9.83. The summed E-state index contributed by atoms with van der Waals surface area (Å²) >= 11 is 1.79. The smallest absolute Gasteiger partial charge is 0.0593 e. The first-order valence-corrected chi connectivity index (χ1v) is 9.31. The fourth-order valence-electron chi connectivity index (χ4n) is 3.72. The third kappa shape index (κ3) is 3.50. The number of ether oxygens (including phenoxy) is 1. The van der Waals surface area contributed by atoms with Crippen LogP contribution in [0.15, 0.2) is 16.8 Å². The van der Waals surface area contributed by atoms with Gasteiger partial charge in [-0.2, -0.15) is 11.3 Å². The van der Waals surface area contributed by atoms with Gasteiger partial charge in [0.15, 0.2) is 0 Å². The molecule has 1 aromatic rings. The van der Waals surface area contributed by atoms with Crippen molar-refractivity contribution in [3.8, 4) is 0 Å². The maximum atomic E-state index is 6.30. The van der Waals surface area contributed by atoms with E-state index >= 15 is 0 Å². The van der Waals surface area contributed by atoms with Gasteiger partial charge in [0.2, 0.25) is 0 Å². The molecule has 4 heteroatoms. The molecule has 0 aromatic carbocycles. The van der Waals surface area contributed by atoms with Crippen molar-refractivity contribution in [3.63, 3.8) is 0 Å². The van der Waals surface area contributed by atoms with Gasteiger partial charge >= 0.3 is 0 Å². The Bertz CT molecular complexity index is 430. The summed E-state index contributed by atoms with van der Waals surface area (Å²) in [5, 5.41) is 4.46. The van der Waals surface area contributed by atoms with Crippen LogP contribution in [0.2, 0.25) is 0 Å². The molecule has 1 saturated carbocycles. The lowest BCUT2D eigenvalue weighted by Crippen LogP contribution is -2.59. The second-order valence-electron chi connectivity index (χ2n) is 6.65. The summed E-state index contributed by atoms with van der Waals surface area (Å²) in [7, 11) is 0. The van der Waals surface area contributed by atoms with Gasteiger partial charge in [-0.3, -0.25) is 4.90 Å². The van der Waals surface area contributed by atoms with Crippen molar-refractivity contribution in [2.45, 2.75) is 69.7 Å². The zero-order chi connectivity index (χ0) is 14.7. The molecule has 0 amide bonds. The highest BCUT2D eigenvalue weighted by Gasteiger charge is 2.46. The van der Waals surface area contributed by atoms with Gasteiger partial charge < -0.3 is 10.5 Å². The molecule has 118 valence electrons. The predicted molar refractivity (Wildman–Crippen MR) is 88.6 cm³/mol. The highest BCUT2D eigenvalue weighted by Crippen LogP contribution is 2.40. The van der Waals surface area contributed by atoms with E-state index in [0.717, 1.165) is 38.6 Å². The van der Waals surface area contributed by atoms with Gasteiger partial charge in [0.05, 0.1) is 6.10 Å². The third-order valence-electron chi connectivity index (χ3n) is 5.05. The summed E-state index contributed by atoms with van der Waals surface area (Å²) in [5.41, 5.74) is 7.89. The summed E-state index contributed by atoms with van der Waals surface area (Å²) in [5.74, 6) is 0.